The Morgan fingerprint density at radius 3 is 1.09 bits per heavy atom. The Kier molecular flexibility index (Phi) is 61.2. The van der Waals surface area contributed by atoms with Gasteiger partial charge in [0, 0.05) is 12.8 Å². The summed E-state index contributed by atoms with van der Waals surface area (Å²) in [6.07, 6.45) is 69.5. The summed E-state index contributed by atoms with van der Waals surface area (Å²) in [7, 11) is 0. The van der Waals surface area contributed by atoms with Crippen LogP contribution in [-0.4, -0.2) is 100 Å². The lowest BCUT2D eigenvalue weighted by Gasteiger charge is -2.40. The molecule has 11 nitrogen and oxygen atoms in total. The Morgan fingerprint density at radius 2 is 0.741 bits per heavy atom. The lowest BCUT2D eigenvalue weighted by molar-refractivity contribution is -0.302. The molecule has 0 radical (unpaired) electrons. The molecule has 0 aromatic heterocycles. The molecule has 0 spiro atoms. The van der Waals surface area contributed by atoms with Crippen molar-refractivity contribution in [2.45, 2.75) is 429 Å². The predicted molar refractivity (Wildman–Crippen MR) is 357 cm³/mol. The van der Waals surface area contributed by atoms with Crippen LogP contribution < -0.4 is 5.32 Å². The number of esters is 1. The van der Waals surface area contributed by atoms with E-state index in [2.05, 4.69) is 19.2 Å². The monoisotopic (exact) mass is 1210 g/mol. The van der Waals surface area contributed by atoms with Crippen LogP contribution in [0.5, 0.6) is 0 Å². The molecule has 1 amide bonds. The lowest BCUT2D eigenvalue weighted by atomic mass is 9.99. The zero-order chi connectivity index (χ0) is 61.6. The van der Waals surface area contributed by atoms with Crippen molar-refractivity contribution in [1.29, 1.82) is 0 Å². The molecule has 7 atom stereocenters. The third kappa shape index (κ3) is 52.8. The van der Waals surface area contributed by atoms with E-state index in [9.17, 15) is 35.1 Å². The Bertz CT molecular complexity index is 1420. The van der Waals surface area contributed by atoms with Gasteiger partial charge in [-0.05, 0) is 32.1 Å². The van der Waals surface area contributed by atoms with E-state index in [0.29, 0.717) is 19.4 Å². The van der Waals surface area contributed by atoms with Crippen molar-refractivity contribution in [2.75, 3.05) is 19.8 Å². The number of allylic oxidation sites excluding steroid dienone is 1. The van der Waals surface area contributed by atoms with Gasteiger partial charge in [0.1, 0.15) is 24.4 Å². The molecule has 1 rings (SSSR count). The molecule has 504 valence electrons. The number of ether oxygens (including phenoxy) is 3. The number of hydrogen-bond donors (Lipinski definition) is 6. The maximum Gasteiger partial charge on any atom is 0.305 e. The van der Waals surface area contributed by atoms with E-state index in [4.69, 9.17) is 14.2 Å². The maximum absolute atomic E-state index is 13.0. The van der Waals surface area contributed by atoms with Gasteiger partial charge >= 0.3 is 5.97 Å². The van der Waals surface area contributed by atoms with Crippen LogP contribution in [0.15, 0.2) is 12.2 Å². The van der Waals surface area contributed by atoms with Crippen LogP contribution in [0, 0.1) is 0 Å². The fourth-order valence-corrected chi connectivity index (χ4v) is 12.3. The molecule has 1 fully saturated rings. The van der Waals surface area contributed by atoms with Crippen molar-refractivity contribution in [1.82, 2.24) is 5.32 Å². The second-order valence-electron chi connectivity index (χ2n) is 26.4. The number of rotatable bonds is 67. The molecule has 1 saturated heterocycles. The Balaban J connectivity index is 1.87. The Hall–Kier alpha value is -1.60. The second kappa shape index (κ2) is 63.9. The third-order valence-electron chi connectivity index (χ3n) is 18.2. The second-order valence-corrected chi connectivity index (χ2v) is 26.4. The van der Waals surface area contributed by atoms with E-state index in [-0.39, 0.29) is 18.5 Å². The number of amides is 1. The predicted octanol–water partition coefficient (Wildman–Crippen LogP) is 19.4. The normalized spacial score (nSPS) is 17.9. The first-order valence-corrected chi connectivity index (χ1v) is 37.5. The summed E-state index contributed by atoms with van der Waals surface area (Å²) in [6.45, 7) is 4.37. The zero-order valence-electron chi connectivity index (χ0n) is 56.1. The van der Waals surface area contributed by atoms with E-state index in [1.807, 2.05) is 6.08 Å². The van der Waals surface area contributed by atoms with E-state index >= 15 is 0 Å². The van der Waals surface area contributed by atoms with Crippen LogP contribution in [0.25, 0.3) is 0 Å². The lowest BCUT2D eigenvalue weighted by Crippen LogP contribution is -2.60. The molecular weight excluding hydrogens is 1060 g/mol. The molecule has 0 aromatic rings. The van der Waals surface area contributed by atoms with Gasteiger partial charge in [-0.15, -0.1) is 0 Å². The van der Waals surface area contributed by atoms with Crippen molar-refractivity contribution < 1.29 is 49.3 Å². The van der Waals surface area contributed by atoms with Gasteiger partial charge in [-0.1, -0.05) is 353 Å². The molecule has 6 N–H and O–H groups in total. The molecule has 1 heterocycles. The molecular formula is C74H143NO10. The summed E-state index contributed by atoms with van der Waals surface area (Å²) in [6, 6.07) is -0.805. The molecule has 7 unspecified atom stereocenters. The molecule has 0 saturated carbocycles. The van der Waals surface area contributed by atoms with Crippen molar-refractivity contribution >= 4 is 11.9 Å². The Morgan fingerprint density at radius 1 is 0.424 bits per heavy atom. The molecule has 1 aliphatic rings. The Labute approximate surface area is 525 Å². The molecule has 0 aromatic carbocycles. The van der Waals surface area contributed by atoms with Gasteiger partial charge in [0.15, 0.2) is 6.29 Å². The first-order valence-electron chi connectivity index (χ1n) is 37.5. The van der Waals surface area contributed by atoms with Gasteiger partial charge in [0.2, 0.25) is 5.91 Å². The summed E-state index contributed by atoms with van der Waals surface area (Å²) in [5.41, 5.74) is 0. The first-order chi connectivity index (χ1) is 41.7. The molecule has 11 heteroatoms. The van der Waals surface area contributed by atoms with E-state index in [1.54, 1.807) is 6.08 Å². The molecule has 0 aliphatic carbocycles. The summed E-state index contributed by atoms with van der Waals surface area (Å²) in [4.78, 5) is 25.2. The van der Waals surface area contributed by atoms with Gasteiger partial charge in [-0.25, -0.2) is 0 Å². The summed E-state index contributed by atoms with van der Waals surface area (Å²) >= 11 is 0. The molecule has 85 heavy (non-hydrogen) atoms. The third-order valence-corrected chi connectivity index (χ3v) is 18.2. The average molecular weight is 1210 g/mol. The maximum atomic E-state index is 13.0. The fraction of sp³-hybridized carbons (Fsp3) is 0.946. The van der Waals surface area contributed by atoms with Crippen LogP contribution in [0.2, 0.25) is 0 Å². The number of aliphatic hydroxyl groups excluding tert-OH is 5. The smallest absolute Gasteiger partial charge is 0.305 e. The highest BCUT2D eigenvalue weighted by atomic mass is 16.7. The van der Waals surface area contributed by atoms with Crippen molar-refractivity contribution in [3.63, 3.8) is 0 Å². The van der Waals surface area contributed by atoms with Gasteiger partial charge in [0.05, 0.1) is 32.0 Å². The van der Waals surface area contributed by atoms with Gasteiger partial charge in [0.25, 0.3) is 0 Å². The first kappa shape index (κ1) is 81.4. The number of nitrogens with one attached hydrogen (secondary N) is 1. The van der Waals surface area contributed by atoms with E-state index in [1.165, 1.54) is 308 Å². The van der Waals surface area contributed by atoms with Crippen molar-refractivity contribution in [2.24, 2.45) is 0 Å². The van der Waals surface area contributed by atoms with Crippen LogP contribution in [0.4, 0.5) is 0 Å². The van der Waals surface area contributed by atoms with Crippen LogP contribution >= 0.6 is 0 Å². The highest BCUT2D eigenvalue weighted by Gasteiger charge is 2.44. The number of carbonyl (C=O) groups excluding carboxylic acids is 2. The highest BCUT2D eigenvalue weighted by Crippen LogP contribution is 2.24. The number of hydrogen-bond acceptors (Lipinski definition) is 10. The summed E-state index contributed by atoms with van der Waals surface area (Å²) in [5, 5.41) is 54.3. The van der Waals surface area contributed by atoms with Crippen LogP contribution in [0.3, 0.4) is 0 Å². The van der Waals surface area contributed by atoms with Crippen molar-refractivity contribution in [3.8, 4) is 0 Å². The molecule has 1 aliphatic heterocycles. The average Bonchev–Trinajstić information content (AvgIpc) is 3.66. The standard InChI is InChI=1S/C74H143NO10/c1-3-5-7-9-11-13-14-15-16-17-29-33-36-39-42-46-50-54-58-62-70(79)83-63-59-55-51-47-43-40-37-34-31-28-26-24-22-20-18-19-21-23-25-27-30-32-35-38-41-45-49-53-57-61-69(78)75-66(67(77)60-56-52-48-44-12-10-8-6-4-2)65-84-74-73(82)72(81)71(80)68(64-76)85-74/h56,60,66-68,71-74,76-77,80-82H,3-55,57-59,61-65H2,1-2H3,(H,75,78)/b60-56+. The SMILES string of the molecule is CCCCCCCCC/C=C/C(O)C(COC1OC(CO)C(O)C(O)C1O)NC(=O)CCCCCCCCCCCCCCCCCCCCCCCCCCCCCCCOC(=O)CCCCCCCCCCCCCCCCCCCCC. The summed E-state index contributed by atoms with van der Waals surface area (Å²) in [5.74, 6) is -0.161. The number of unbranched alkanes of at least 4 members (excludes halogenated alkanes) is 53. The minimum Gasteiger partial charge on any atom is -0.466 e. The fourth-order valence-electron chi connectivity index (χ4n) is 12.3. The van der Waals surface area contributed by atoms with E-state index < -0.39 is 49.5 Å². The quantitative estimate of drug-likeness (QED) is 0.0195. The number of carbonyl (C=O) groups is 2. The topological polar surface area (TPSA) is 175 Å². The largest absolute Gasteiger partial charge is 0.466 e. The van der Waals surface area contributed by atoms with Gasteiger partial charge < -0.3 is 45.1 Å². The minimum atomic E-state index is -1.57. The zero-order valence-corrected chi connectivity index (χ0v) is 56.1. The summed E-state index contributed by atoms with van der Waals surface area (Å²) < 4.78 is 16.7. The highest BCUT2D eigenvalue weighted by molar-refractivity contribution is 5.76. The molecule has 0 bridgehead atoms. The van der Waals surface area contributed by atoms with Crippen LogP contribution in [0.1, 0.15) is 386 Å². The van der Waals surface area contributed by atoms with Crippen LogP contribution in [-0.2, 0) is 23.8 Å². The minimum absolute atomic E-state index is 0.0166. The van der Waals surface area contributed by atoms with Gasteiger partial charge in [-0.3, -0.25) is 9.59 Å². The van der Waals surface area contributed by atoms with Crippen molar-refractivity contribution in [3.05, 3.63) is 12.2 Å². The number of aliphatic hydroxyl groups is 5. The van der Waals surface area contributed by atoms with Gasteiger partial charge in [-0.2, -0.15) is 0 Å². The van der Waals surface area contributed by atoms with E-state index in [0.717, 1.165) is 51.4 Å².